The van der Waals surface area contributed by atoms with E-state index < -0.39 is 0 Å². The molecular formula is C15H24BrN3. The first-order valence-electron chi connectivity index (χ1n) is 7.04. The molecule has 1 fully saturated rings. The van der Waals surface area contributed by atoms with Gasteiger partial charge in [0.1, 0.15) is 0 Å². The van der Waals surface area contributed by atoms with Crippen LogP contribution in [0.5, 0.6) is 0 Å². The summed E-state index contributed by atoms with van der Waals surface area (Å²) in [6.07, 6.45) is 2.30. The molecule has 0 unspecified atom stereocenters. The van der Waals surface area contributed by atoms with Gasteiger partial charge in [0.15, 0.2) is 0 Å². The number of halogens is 1. The van der Waals surface area contributed by atoms with Crippen LogP contribution in [-0.2, 0) is 6.54 Å². The summed E-state index contributed by atoms with van der Waals surface area (Å²) in [5, 5.41) is 0. The molecule has 4 heteroatoms. The number of likely N-dealkylation sites (N-methyl/N-ethyl adjacent to an activating group) is 1. The summed E-state index contributed by atoms with van der Waals surface area (Å²) in [4.78, 5) is 4.92. The van der Waals surface area contributed by atoms with Crippen LogP contribution in [0.2, 0.25) is 0 Å². The first-order chi connectivity index (χ1) is 9.13. The van der Waals surface area contributed by atoms with E-state index in [1.54, 1.807) is 0 Å². The van der Waals surface area contributed by atoms with Gasteiger partial charge in [-0.05, 0) is 50.7 Å². The fraction of sp³-hybridized carbons (Fsp3) is 0.600. The van der Waals surface area contributed by atoms with Crippen LogP contribution in [0.4, 0.5) is 0 Å². The predicted molar refractivity (Wildman–Crippen MR) is 84.1 cm³/mol. The van der Waals surface area contributed by atoms with Crippen LogP contribution in [0.15, 0.2) is 28.7 Å². The molecule has 0 spiro atoms. The highest BCUT2D eigenvalue weighted by molar-refractivity contribution is 9.10. The monoisotopic (exact) mass is 325 g/mol. The van der Waals surface area contributed by atoms with Crippen molar-refractivity contribution in [1.29, 1.82) is 0 Å². The first kappa shape index (κ1) is 15.0. The Morgan fingerprint density at radius 2 is 1.89 bits per heavy atom. The van der Waals surface area contributed by atoms with E-state index >= 15 is 0 Å². The Hall–Kier alpha value is -0.420. The molecule has 2 rings (SSSR count). The van der Waals surface area contributed by atoms with E-state index in [-0.39, 0.29) is 0 Å². The van der Waals surface area contributed by atoms with Crippen molar-refractivity contribution in [2.24, 2.45) is 5.73 Å². The normalized spacial score (nSPS) is 18.1. The Kier molecular flexibility index (Phi) is 5.82. The second-order valence-electron chi connectivity index (χ2n) is 5.54. The number of benzene rings is 1. The molecule has 1 heterocycles. The largest absolute Gasteiger partial charge is 0.328 e. The molecule has 0 amide bonds. The second kappa shape index (κ2) is 7.39. The third-order valence-electron chi connectivity index (χ3n) is 3.80. The van der Waals surface area contributed by atoms with Gasteiger partial charge in [-0.3, -0.25) is 0 Å². The highest BCUT2D eigenvalue weighted by Gasteiger charge is 2.15. The molecule has 1 aromatic rings. The molecule has 1 aromatic carbocycles. The molecule has 0 atom stereocenters. The molecule has 2 N–H and O–H groups in total. The molecule has 1 aliphatic rings. The van der Waals surface area contributed by atoms with Crippen LogP contribution < -0.4 is 5.73 Å². The number of nitrogens with zero attached hydrogens (tertiary/aromatic N) is 2. The van der Waals surface area contributed by atoms with Crippen LogP contribution in [0.1, 0.15) is 18.4 Å². The molecule has 0 aliphatic carbocycles. The van der Waals surface area contributed by atoms with Gasteiger partial charge >= 0.3 is 0 Å². The molecule has 1 saturated heterocycles. The third-order valence-corrected chi connectivity index (χ3v) is 4.32. The molecule has 106 valence electrons. The lowest BCUT2D eigenvalue weighted by atomic mass is 10.1. The Labute approximate surface area is 124 Å². The van der Waals surface area contributed by atoms with E-state index in [0.29, 0.717) is 6.04 Å². The molecule has 0 radical (unpaired) electrons. The van der Waals surface area contributed by atoms with Gasteiger partial charge in [0, 0.05) is 30.1 Å². The molecular weight excluding hydrogens is 302 g/mol. The second-order valence-corrected chi connectivity index (χ2v) is 6.46. The zero-order valence-electron chi connectivity index (χ0n) is 11.7. The van der Waals surface area contributed by atoms with Crippen LogP contribution >= 0.6 is 15.9 Å². The molecule has 19 heavy (non-hydrogen) atoms. The Bertz CT molecular complexity index is 371. The molecule has 1 aliphatic heterocycles. The van der Waals surface area contributed by atoms with Gasteiger partial charge in [-0.25, -0.2) is 0 Å². The summed E-state index contributed by atoms with van der Waals surface area (Å²) in [5.74, 6) is 0. The lowest BCUT2D eigenvalue weighted by Gasteiger charge is -2.31. The topological polar surface area (TPSA) is 32.5 Å². The summed E-state index contributed by atoms with van der Waals surface area (Å²) in [5.41, 5.74) is 7.29. The molecule has 0 bridgehead atoms. The van der Waals surface area contributed by atoms with Crippen molar-refractivity contribution in [3.63, 3.8) is 0 Å². The highest BCUT2D eigenvalue weighted by atomic mass is 79.9. The van der Waals surface area contributed by atoms with E-state index in [9.17, 15) is 0 Å². The minimum atomic E-state index is 0.428. The smallest absolute Gasteiger partial charge is 0.0231 e. The Morgan fingerprint density at radius 1 is 1.26 bits per heavy atom. The Morgan fingerprint density at radius 3 is 2.53 bits per heavy atom. The van der Waals surface area contributed by atoms with Gasteiger partial charge in [-0.2, -0.15) is 0 Å². The standard InChI is InChI=1S/C15H24BrN3/c1-18(12-13-2-4-14(16)5-3-13)10-11-19-8-6-15(17)7-9-19/h2-5,15H,6-12,17H2,1H3. The lowest BCUT2D eigenvalue weighted by Crippen LogP contribution is -2.42. The van der Waals surface area contributed by atoms with Crippen LogP contribution in [0.3, 0.4) is 0 Å². The molecule has 0 aromatic heterocycles. The fourth-order valence-electron chi connectivity index (χ4n) is 2.47. The number of nitrogens with two attached hydrogens (primary N) is 1. The lowest BCUT2D eigenvalue weighted by molar-refractivity contribution is 0.183. The van der Waals surface area contributed by atoms with Crippen LogP contribution in [0, 0.1) is 0 Å². The number of likely N-dealkylation sites (tertiary alicyclic amines) is 1. The van der Waals surface area contributed by atoms with E-state index in [4.69, 9.17) is 5.73 Å². The fourth-order valence-corrected chi connectivity index (χ4v) is 2.73. The van der Waals surface area contributed by atoms with E-state index in [1.807, 2.05) is 0 Å². The maximum Gasteiger partial charge on any atom is 0.0231 e. The quantitative estimate of drug-likeness (QED) is 0.901. The van der Waals surface area contributed by atoms with Gasteiger partial charge in [0.2, 0.25) is 0 Å². The minimum Gasteiger partial charge on any atom is -0.328 e. The summed E-state index contributed by atoms with van der Waals surface area (Å²) in [7, 11) is 2.19. The van der Waals surface area contributed by atoms with Gasteiger partial charge in [0.05, 0.1) is 0 Å². The van der Waals surface area contributed by atoms with Crippen LogP contribution in [-0.4, -0.2) is 49.1 Å². The molecule has 0 saturated carbocycles. The predicted octanol–water partition coefficient (Wildman–Crippen LogP) is 2.30. The number of piperidine rings is 1. The zero-order valence-corrected chi connectivity index (χ0v) is 13.3. The van der Waals surface area contributed by atoms with Crippen molar-refractivity contribution in [2.75, 3.05) is 33.2 Å². The van der Waals surface area contributed by atoms with Gasteiger partial charge in [-0.15, -0.1) is 0 Å². The van der Waals surface area contributed by atoms with Crippen LogP contribution in [0.25, 0.3) is 0 Å². The summed E-state index contributed by atoms with van der Waals surface area (Å²) in [6, 6.07) is 9.00. The van der Waals surface area contributed by atoms with E-state index in [1.165, 1.54) is 5.56 Å². The summed E-state index contributed by atoms with van der Waals surface area (Å²) < 4.78 is 1.14. The Balaban J connectivity index is 1.69. The first-order valence-corrected chi connectivity index (χ1v) is 7.84. The van der Waals surface area contributed by atoms with Gasteiger partial charge < -0.3 is 15.5 Å². The average Bonchev–Trinajstić information content (AvgIpc) is 2.41. The summed E-state index contributed by atoms with van der Waals surface area (Å²) >= 11 is 3.47. The van der Waals surface area contributed by atoms with Gasteiger partial charge in [-0.1, -0.05) is 28.1 Å². The maximum atomic E-state index is 5.93. The number of rotatable bonds is 5. The van der Waals surface area contributed by atoms with E-state index in [0.717, 1.165) is 50.0 Å². The SMILES string of the molecule is CN(CCN1CCC(N)CC1)Cc1ccc(Br)cc1. The van der Waals surface area contributed by atoms with Crippen molar-refractivity contribution in [2.45, 2.75) is 25.4 Å². The minimum absolute atomic E-state index is 0.428. The number of hydrogen-bond donors (Lipinski definition) is 1. The van der Waals surface area contributed by atoms with Crippen molar-refractivity contribution >= 4 is 15.9 Å². The van der Waals surface area contributed by atoms with E-state index in [2.05, 4.69) is 57.0 Å². The third kappa shape index (κ3) is 5.22. The van der Waals surface area contributed by atoms with Crippen molar-refractivity contribution < 1.29 is 0 Å². The average molecular weight is 326 g/mol. The zero-order chi connectivity index (χ0) is 13.7. The van der Waals surface area contributed by atoms with Crippen molar-refractivity contribution in [1.82, 2.24) is 9.80 Å². The molecule has 3 nitrogen and oxygen atoms in total. The van der Waals surface area contributed by atoms with Crippen molar-refractivity contribution in [3.8, 4) is 0 Å². The maximum absolute atomic E-state index is 5.93. The van der Waals surface area contributed by atoms with Gasteiger partial charge in [0.25, 0.3) is 0 Å². The highest BCUT2D eigenvalue weighted by Crippen LogP contribution is 2.12. The summed E-state index contributed by atoms with van der Waals surface area (Å²) in [6.45, 7) is 5.60. The number of hydrogen-bond acceptors (Lipinski definition) is 3. The van der Waals surface area contributed by atoms with Crippen molar-refractivity contribution in [3.05, 3.63) is 34.3 Å².